The number of nitrogens with zero attached hydrogens (tertiary/aromatic N) is 2. The molecule has 0 saturated carbocycles. The molecule has 0 unspecified atom stereocenters. The molecular formula is C62H52N2Si. The first kappa shape index (κ1) is 39.4. The van der Waals surface area contributed by atoms with Gasteiger partial charge in [-0.05, 0) is 104 Å². The van der Waals surface area contributed by atoms with Gasteiger partial charge in [0.1, 0.15) is 0 Å². The van der Waals surface area contributed by atoms with Gasteiger partial charge in [-0.1, -0.05) is 204 Å². The highest BCUT2D eigenvalue weighted by molar-refractivity contribution is 7.19. The van der Waals surface area contributed by atoms with Crippen molar-refractivity contribution < 1.29 is 0 Å². The van der Waals surface area contributed by atoms with Gasteiger partial charge in [-0.2, -0.15) is 0 Å². The highest BCUT2D eigenvalue weighted by Gasteiger charge is 2.44. The first-order valence-corrected chi connectivity index (χ1v) is 25.2. The van der Waals surface area contributed by atoms with E-state index in [0.29, 0.717) is 0 Å². The van der Waals surface area contributed by atoms with Gasteiger partial charge in [-0.15, -0.1) is 0 Å². The molecule has 0 saturated heterocycles. The Morgan fingerprint density at radius 3 is 1.51 bits per heavy atom. The average molecular weight is 853 g/mol. The summed E-state index contributed by atoms with van der Waals surface area (Å²) in [5.41, 5.74) is 12.9. The number of hydrogen-bond donors (Lipinski definition) is 0. The number of aromatic nitrogens is 2. The molecule has 0 amide bonds. The second kappa shape index (κ2) is 14.9. The fourth-order valence-electron chi connectivity index (χ4n) is 11.7. The molecule has 2 aromatic heterocycles. The summed E-state index contributed by atoms with van der Waals surface area (Å²) < 4.78 is 4.94. The van der Waals surface area contributed by atoms with Crippen LogP contribution in [0.2, 0.25) is 0 Å². The first-order chi connectivity index (χ1) is 31.8. The largest absolute Gasteiger partial charge is 0.309 e. The molecule has 1 aliphatic rings. The molecule has 0 fully saturated rings. The molecule has 0 radical (unpaired) electrons. The Bertz CT molecular complexity index is 3540. The van der Waals surface area contributed by atoms with E-state index in [9.17, 15) is 0 Å². The zero-order valence-corrected chi connectivity index (χ0v) is 38.6. The number of hydrogen-bond acceptors (Lipinski definition) is 0. The maximum absolute atomic E-state index is 2.82. The van der Waals surface area contributed by atoms with Crippen LogP contribution < -0.4 is 20.7 Å². The van der Waals surface area contributed by atoms with Gasteiger partial charge in [0.25, 0.3) is 0 Å². The van der Waals surface area contributed by atoms with Crippen LogP contribution in [0, 0.1) is 0 Å². The van der Waals surface area contributed by atoms with Crippen LogP contribution >= 0.6 is 0 Å². The van der Waals surface area contributed by atoms with E-state index in [1.54, 1.807) is 0 Å². The Kier molecular flexibility index (Phi) is 9.05. The number of fused-ring (bicyclic) bond motifs is 7. The van der Waals surface area contributed by atoms with Gasteiger partial charge in [0.15, 0.2) is 8.07 Å². The van der Waals surface area contributed by atoms with E-state index in [2.05, 4.69) is 255 Å². The Morgan fingerprint density at radius 1 is 0.354 bits per heavy atom. The van der Waals surface area contributed by atoms with Crippen molar-refractivity contribution in [2.24, 2.45) is 0 Å². The third kappa shape index (κ3) is 5.99. The molecule has 0 aliphatic heterocycles. The van der Waals surface area contributed by atoms with E-state index in [1.165, 1.54) is 99.5 Å². The van der Waals surface area contributed by atoms with Crippen LogP contribution in [-0.4, -0.2) is 17.2 Å². The van der Waals surface area contributed by atoms with Crippen LogP contribution in [0.4, 0.5) is 0 Å². The summed E-state index contributed by atoms with van der Waals surface area (Å²) in [6.07, 6.45) is 2.38. The maximum atomic E-state index is 2.63. The Hall–Kier alpha value is -7.20. The van der Waals surface area contributed by atoms with E-state index >= 15 is 0 Å². The van der Waals surface area contributed by atoms with Crippen molar-refractivity contribution in [2.45, 2.75) is 51.4 Å². The topological polar surface area (TPSA) is 9.86 Å². The normalized spacial score (nSPS) is 14.6. The van der Waals surface area contributed by atoms with Crippen molar-refractivity contribution >= 4 is 72.4 Å². The van der Waals surface area contributed by atoms with Gasteiger partial charge in [-0.3, -0.25) is 0 Å². The minimum Gasteiger partial charge on any atom is -0.309 e. The predicted molar refractivity (Wildman–Crippen MR) is 279 cm³/mol. The number of para-hydroxylation sites is 4. The monoisotopic (exact) mass is 852 g/mol. The van der Waals surface area contributed by atoms with Gasteiger partial charge in [0.05, 0.1) is 22.1 Å². The summed E-state index contributed by atoms with van der Waals surface area (Å²) in [7, 11) is -2.82. The van der Waals surface area contributed by atoms with Crippen LogP contribution in [0.5, 0.6) is 0 Å². The fourth-order valence-corrected chi connectivity index (χ4v) is 16.4. The highest BCUT2D eigenvalue weighted by atomic mass is 28.3. The van der Waals surface area contributed by atoms with E-state index in [4.69, 9.17) is 0 Å². The lowest BCUT2D eigenvalue weighted by molar-refractivity contribution is 0.332. The van der Waals surface area contributed by atoms with Crippen LogP contribution in [0.3, 0.4) is 0 Å². The van der Waals surface area contributed by atoms with Gasteiger partial charge < -0.3 is 9.13 Å². The Balaban J connectivity index is 1.09. The minimum absolute atomic E-state index is 0.0945. The van der Waals surface area contributed by atoms with Crippen LogP contribution in [0.15, 0.2) is 218 Å². The lowest BCUT2D eigenvalue weighted by atomic mass is 9.63. The van der Waals surface area contributed by atoms with Crippen LogP contribution in [0.1, 0.15) is 51.7 Å². The summed E-state index contributed by atoms with van der Waals surface area (Å²) in [5, 5.41) is 10.7. The fraction of sp³-hybridized carbons (Fsp3) is 0.129. The zero-order valence-electron chi connectivity index (χ0n) is 37.6. The van der Waals surface area contributed by atoms with Gasteiger partial charge >= 0.3 is 0 Å². The first-order valence-electron chi connectivity index (χ1n) is 23.2. The molecule has 0 N–H and O–H groups in total. The van der Waals surface area contributed by atoms with Crippen molar-refractivity contribution in [1.29, 1.82) is 0 Å². The standard InChI is InChI=1S/C62H52N2Si/c1-61(2)40-41-62(3,4)55-42-48(38-39-54(55)61)65(45-22-10-6-11-23-45,46-24-12-7-13-25-46)47-36-34-44(35-37-47)63-57-32-17-15-27-53(57)59-50(28-19-33-58(59)63)52-30-18-29-51-49-26-14-16-31-56(49)64(60(51)52)43-20-8-5-9-21-43/h5-39,42H,40-41H2,1-4H3. The van der Waals surface area contributed by atoms with Crippen LogP contribution in [-0.2, 0) is 10.8 Å². The quantitative estimate of drug-likeness (QED) is 0.112. The lowest BCUT2D eigenvalue weighted by Gasteiger charge is -2.43. The van der Waals surface area contributed by atoms with Crippen molar-refractivity contribution in [1.82, 2.24) is 9.13 Å². The summed E-state index contributed by atoms with van der Waals surface area (Å²) in [4.78, 5) is 0. The molecule has 12 rings (SSSR count). The van der Waals surface area contributed by atoms with Gasteiger partial charge in [0.2, 0.25) is 0 Å². The van der Waals surface area contributed by atoms with Crippen molar-refractivity contribution in [3.8, 4) is 22.5 Å². The molecule has 0 bridgehead atoms. The molecule has 314 valence electrons. The zero-order chi connectivity index (χ0) is 43.9. The second-order valence-corrected chi connectivity index (χ2v) is 23.3. The van der Waals surface area contributed by atoms with E-state index in [-0.39, 0.29) is 10.8 Å². The summed E-state index contributed by atoms with van der Waals surface area (Å²) >= 11 is 0. The second-order valence-electron chi connectivity index (χ2n) is 19.5. The van der Waals surface area contributed by atoms with Gasteiger partial charge in [0, 0.05) is 38.5 Å². The number of rotatable bonds is 7. The van der Waals surface area contributed by atoms with Crippen LogP contribution in [0.25, 0.3) is 66.1 Å². The maximum Gasteiger partial charge on any atom is 0.179 e. The summed E-state index contributed by atoms with van der Waals surface area (Å²) in [6.45, 7) is 9.77. The molecule has 2 nitrogen and oxygen atoms in total. The molecular weight excluding hydrogens is 801 g/mol. The smallest absolute Gasteiger partial charge is 0.179 e. The molecule has 11 aromatic rings. The third-order valence-electron chi connectivity index (χ3n) is 15.0. The van der Waals surface area contributed by atoms with Crippen molar-refractivity contribution in [3.05, 3.63) is 230 Å². The molecule has 0 atom stereocenters. The molecule has 9 aromatic carbocycles. The highest BCUT2D eigenvalue weighted by Crippen LogP contribution is 2.46. The molecule has 65 heavy (non-hydrogen) atoms. The van der Waals surface area contributed by atoms with Crippen molar-refractivity contribution in [2.75, 3.05) is 0 Å². The molecule has 3 heteroatoms. The van der Waals surface area contributed by atoms with Crippen molar-refractivity contribution in [3.63, 3.8) is 0 Å². The minimum atomic E-state index is -2.82. The predicted octanol–water partition coefficient (Wildman–Crippen LogP) is 13.3. The number of benzene rings is 9. The summed E-state index contributed by atoms with van der Waals surface area (Å²) in [6, 6.07) is 82.4. The van der Waals surface area contributed by atoms with E-state index in [1.807, 2.05) is 0 Å². The third-order valence-corrected chi connectivity index (χ3v) is 19.7. The lowest BCUT2D eigenvalue weighted by Crippen LogP contribution is -2.74. The molecule has 2 heterocycles. The average Bonchev–Trinajstić information content (AvgIpc) is 3.88. The SMILES string of the molecule is CC1(C)CCC(C)(C)c2cc([Si](c3ccccc3)(c3ccccc3)c3ccc(-n4c5ccccc5c5c(-c6cccc7c8ccccc8n(-c8ccccc8)c67)cccc54)cc3)ccc21. The van der Waals surface area contributed by atoms with E-state index < -0.39 is 8.07 Å². The Morgan fingerprint density at radius 2 is 0.831 bits per heavy atom. The molecule has 0 spiro atoms. The molecule has 1 aliphatic carbocycles. The summed E-state index contributed by atoms with van der Waals surface area (Å²) in [5.74, 6) is 0. The van der Waals surface area contributed by atoms with Gasteiger partial charge in [-0.25, -0.2) is 0 Å². The van der Waals surface area contributed by atoms with E-state index in [0.717, 1.165) is 11.4 Å². The Labute approximate surface area is 383 Å².